The fraction of sp³-hybridized carbons (Fsp3) is 0.684. The third-order valence-electron chi connectivity index (χ3n) is 4.32. The maximum absolute atomic E-state index is 5.91. The molecule has 0 aliphatic carbocycles. The molecule has 1 aromatic rings. The van der Waals surface area contributed by atoms with E-state index in [1.54, 1.807) is 0 Å². The molecule has 0 saturated carbocycles. The minimum absolute atomic E-state index is 0.557. The van der Waals surface area contributed by atoms with Crippen LogP contribution in [0.1, 0.15) is 31.4 Å². The lowest BCUT2D eigenvalue weighted by molar-refractivity contribution is 0.237. The average molecular weight is 319 g/mol. The van der Waals surface area contributed by atoms with Crippen molar-refractivity contribution in [3.63, 3.8) is 0 Å². The first-order chi connectivity index (χ1) is 11.2. The van der Waals surface area contributed by atoms with Crippen molar-refractivity contribution in [1.29, 1.82) is 0 Å². The number of hydrogen-bond acceptors (Lipinski definition) is 4. The number of hydrogen-bond donors (Lipinski definition) is 2. The van der Waals surface area contributed by atoms with Crippen LogP contribution in [0.3, 0.4) is 0 Å². The molecular weight excluding hydrogens is 286 g/mol. The molecule has 1 fully saturated rings. The van der Waals surface area contributed by atoms with Gasteiger partial charge in [-0.15, -0.1) is 0 Å². The van der Waals surface area contributed by atoms with Crippen LogP contribution in [0.25, 0.3) is 0 Å². The minimum Gasteiger partial charge on any atom is -0.493 e. The predicted octanol–water partition coefficient (Wildman–Crippen LogP) is 2.41. The molecule has 4 nitrogen and oxygen atoms in total. The van der Waals surface area contributed by atoms with Crippen LogP contribution in [0.4, 0.5) is 0 Å². The van der Waals surface area contributed by atoms with E-state index in [1.807, 2.05) is 0 Å². The number of piperazine rings is 1. The number of nitrogens with one attached hydrogen (secondary N) is 2. The molecule has 1 heterocycles. The smallest absolute Gasteiger partial charge is 0.122 e. The summed E-state index contributed by atoms with van der Waals surface area (Å²) in [6.07, 6.45) is 1.21. The van der Waals surface area contributed by atoms with Gasteiger partial charge in [-0.25, -0.2) is 0 Å². The molecule has 4 heteroatoms. The van der Waals surface area contributed by atoms with E-state index in [9.17, 15) is 0 Å². The summed E-state index contributed by atoms with van der Waals surface area (Å²) in [4.78, 5) is 2.55. The summed E-state index contributed by atoms with van der Waals surface area (Å²) in [5.74, 6) is 1.58. The Bertz CT molecular complexity index is 456. The Morgan fingerprint density at radius 2 is 2.04 bits per heavy atom. The molecule has 0 radical (unpaired) electrons. The Morgan fingerprint density at radius 3 is 2.78 bits per heavy atom. The summed E-state index contributed by atoms with van der Waals surface area (Å²) in [7, 11) is 0. The average Bonchev–Trinajstić information content (AvgIpc) is 2.55. The molecular formula is C19H33N3O. The van der Waals surface area contributed by atoms with Crippen LogP contribution in [0, 0.1) is 12.8 Å². The molecule has 1 aromatic carbocycles. The standard InChI is InChI=1S/C19H33N3O/c1-16(2)15-23-19-7-4-6-18(17(19)3)14-21-8-5-11-22-12-9-20-10-13-22/h4,6-7,16,20-21H,5,8-15H2,1-3H3. The molecule has 130 valence electrons. The maximum atomic E-state index is 5.91. The van der Waals surface area contributed by atoms with E-state index in [4.69, 9.17) is 4.74 Å². The Labute approximate surface area is 141 Å². The summed E-state index contributed by atoms with van der Waals surface area (Å²) < 4.78 is 5.91. The first kappa shape index (κ1) is 18.2. The van der Waals surface area contributed by atoms with E-state index in [1.165, 1.54) is 37.2 Å². The lowest BCUT2D eigenvalue weighted by Gasteiger charge is -2.27. The molecule has 1 saturated heterocycles. The summed E-state index contributed by atoms with van der Waals surface area (Å²) in [5.41, 5.74) is 2.61. The van der Waals surface area contributed by atoms with Gasteiger partial charge in [0, 0.05) is 32.7 Å². The lowest BCUT2D eigenvalue weighted by atomic mass is 10.1. The van der Waals surface area contributed by atoms with Crippen LogP contribution in [-0.2, 0) is 6.54 Å². The monoisotopic (exact) mass is 319 g/mol. The van der Waals surface area contributed by atoms with Crippen LogP contribution in [0.15, 0.2) is 18.2 Å². The first-order valence-electron chi connectivity index (χ1n) is 9.02. The Balaban J connectivity index is 1.69. The van der Waals surface area contributed by atoms with Crippen molar-refractivity contribution in [1.82, 2.24) is 15.5 Å². The zero-order valence-corrected chi connectivity index (χ0v) is 15.0. The quantitative estimate of drug-likeness (QED) is 0.686. The van der Waals surface area contributed by atoms with Gasteiger partial charge in [0.1, 0.15) is 5.75 Å². The molecule has 23 heavy (non-hydrogen) atoms. The number of nitrogens with zero attached hydrogens (tertiary/aromatic N) is 1. The van der Waals surface area contributed by atoms with Crippen LogP contribution in [0.2, 0.25) is 0 Å². The van der Waals surface area contributed by atoms with E-state index >= 15 is 0 Å². The van der Waals surface area contributed by atoms with Gasteiger partial charge in [0.15, 0.2) is 0 Å². The van der Waals surface area contributed by atoms with Crippen molar-refractivity contribution in [3.8, 4) is 5.75 Å². The van der Waals surface area contributed by atoms with E-state index in [2.05, 4.69) is 54.5 Å². The third-order valence-corrected chi connectivity index (χ3v) is 4.32. The van der Waals surface area contributed by atoms with Gasteiger partial charge in [-0.1, -0.05) is 26.0 Å². The zero-order chi connectivity index (χ0) is 16.5. The molecule has 1 aliphatic heterocycles. The maximum Gasteiger partial charge on any atom is 0.122 e. The molecule has 0 spiro atoms. The van der Waals surface area contributed by atoms with E-state index in [-0.39, 0.29) is 0 Å². The van der Waals surface area contributed by atoms with Crippen molar-refractivity contribution in [2.45, 2.75) is 33.7 Å². The van der Waals surface area contributed by atoms with Crippen molar-refractivity contribution < 1.29 is 4.74 Å². The second kappa shape index (κ2) is 9.91. The van der Waals surface area contributed by atoms with Gasteiger partial charge in [-0.2, -0.15) is 0 Å². The summed E-state index contributed by atoms with van der Waals surface area (Å²) in [5, 5.41) is 6.97. The van der Waals surface area contributed by atoms with E-state index in [0.717, 1.165) is 38.5 Å². The number of ether oxygens (including phenoxy) is 1. The predicted molar refractivity (Wildman–Crippen MR) is 97.1 cm³/mol. The lowest BCUT2D eigenvalue weighted by Crippen LogP contribution is -2.44. The highest BCUT2D eigenvalue weighted by molar-refractivity contribution is 5.39. The van der Waals surface area contributed by atoms with E-state index < -0.39 is 0 Å². The SMILES string of the molecule is Cc1c(CNCCCN2CCNCC2)cccc1OCC(C)C. The molecule has 1 aliphatic rings. The second-order valence-electron chi connectivity index (χ2n) is 6.87. The van der Waals surface area contributed by atoms with Gasteiger partial charge in [-0.3, -0.25) is 0 Å². The van der Waals surface area contributed by atoms with Gasteiger partial charge in [0.25, 0.3) is 0 Å². The molecule has 0 atom stereocenters. The Morgan fingerprint density at radius 1 is 1.26 bits per heavy atom. The number of rotatable bonds is 9. The molecule has 0 aromatic heterocycles. The highest BCUT2D eigenvalue weighted by atomic mass is 16.5. The van der Waals surface area contributed by atoms with Gasteiger partial charge < -0.3 is 20.3 Å². The van der Waals surface area contributed by atoms with Gasteiger partial charge in [0.05, 0.1) is 6.61 Å². The minimum atomic E-state index is 0.557. The molecule has 0 amide bonds. The van der Waals surface area contributed by atoms with Crippen molar-refractivity contribution >= 4 is 0 Å². The normalized spacial score (nSPS) is 16.0. The highest BCUT2D eigenvalue weighted by Gasteiger charge is 2.09. The largest absolute Gasteiger partial charge is 0.493 e. The summed E-state index contributed by atoms with van der Waals surface area (Å²) >= 11 is 0. The topological polar surface area (TPSA) is 36.5 Å². The highest BCUT2D eigenvalue weighted by Crippen LogP contribution is 2.21. The zero-order valence-electron chi connectivity index (χ0n) is 15.0. The number of benzene rings is 1. The molecule has 2 rings (SSSR count). The van der Waals surface area contributed by atoms with Gasteiger partial charge in [0.2, 0.25) is 0 Å². The van der Waals surface area contributed by atoms with Crippen LogP contribution < -0.4 is 15.4 Å². The van der Waals surface area contributed by atoms with Crippen LogP contribution in [-0.4, -0.2) is 50.8 Å². The fourth-order valence-corrected chi connectivity index (χ4v) is 2.85. The molecule has 0 bridgehead atoms. The molecule has 2 N–H and O–H groups in total. The summed E-state index contributed by atoms with van der Waals surface area (Å²) in [6, 6.07) is 6.37. The van der Waals surface area contributed by atoms with Crippen LogP contribution >= 0.6 is 0 Å². The fourth-order valence-electron chi connectivity index (χ4n) is 2.85. The first-order valence-corrected chi connectivity index (χ1v) is 9.02. The van der Waals surface area contributed by atoms with Crippen molar-refractivity contribution in [2.24, 2.45) is 5.92 Å². The van der Waals surface area contributed by atoms with Crippen LogP contribution in [0.5, 0.6) is 5.75 Å². The van der Waals surface area contributed by atoms with E-state index in [0.29, 0.717) is 5.92 Å². The molecule has 0 unspecified atom stereocenters. The van der Waals surface area contributed by atoms with Gasteiger partial charge in [-0.05, 0) is 49.5 Å². The Kier molecular flexibility index (Phi) is 7.86. The second-order valence-corrected chi connectivity index (χ2v) is 6.87. The third kappa shape index (κ3) is 6.50. The van der Waals surface area contributed by atoms with Gasteiger partial charge >= 0.3 is 0 Å². The Hall–Kier alpha value is -1.10. The van der Waals surface area contributed by atoms with Crippen molar-refractivity contribution in [3.05, 3.63) is 29.3 Å². The van der Waals surface area contributed by atoms with Crippen molar-refractivity contribution in [2.75, 3.05) is 45.9 Å². The summed E-state index contributed by atoms with van der Waals surface area (Å²) in [6.45, 7) is 15.1.